The normalized spacial score (nSPS) is 19.4. The van der Waals surface area contributed by atoms with E-state index in [4.69, 9.17) is 4.52 Å². The Morgan fingerprint density at radius 2 is 2.03 bits per heavy atom. The maximum absolute atomic E-state index is 13.1. The standard InChI is InChI=1S/C23H31N3O3/c1-4-24-22(28)23(11-8-12-26(16-23)21(27)13-17(2)3)15-19-14-20(25-29-19)18-9-6-5-7-10-18/h5-7,9-10,14,17H,4,8,11-13,15-16H2,1-3H3,(H,24,28). The van der Waals surface area contributed by atoms with Gasteiger partial charge in [-0.15, -0.1) is 0 Å². The van der Waals surface area contributed by atoms with Gasteiger partial charge in [0.25, 0.3) is 0 Å². The summed E-state index contributed by atoms with van der Waals surface area (Å²) in [4.78, 5) is 27.6. The Labute approximate surface area is 172 Å². The fourth-order valence-corrected chi connectivity index (χ4v) is 4.06. The first kappa shape index (κ1) is 21.1. The highest BCUT2D eigenvalue weighted by molar-refractivity contribution is 5.85. The SMILES string of the molecule is CCNC(=O)C1(Cc2cc(-c3ccccc3)no2)CCCN(C(=O)CC(C)C)C1. The molecule has 2 aromatic rings. The van der Waals surface area contributed by atoms with Crippen LogP contribution in [0.25, 0.3) is 11.3 Å². The van der Waals surface area contributed by atoms with Gasteiger partial charge in [-0.2, -0.15) is 0 Å². The van der Waals surface area contributed by atoms with Crippen molar-refractivity contribution in [2.75, 3.05) is 19.6 Å². The number of hydrogen-bond acceptors (Lipinski definition) is 4. The molecule has 1 aliphatic heterocycles. The number of carbonyl (C=O) groups excluding carboxylic acids is 2. The van der Waals surface area contributed by atoms with E-state index in [0.717, 1.165) is 24.1 Å². The molecule has 1 aliphatic rings. The van der Waals surface area contributed by atoms with Crippen molar-refractivity contribution in [3.05, 3.63) is 42.2 Å². The van der Waals surface area contributed by atoms with E-state index < -0.39 is 5.41 Å². The van der Waals surface area contributed by atoms with Crippen molar-refractivity contribution in [1.29, 1.82) is 0 Å². The smallest absolute Gasteiger partial charge is 0.228 e. The number of nitrogens with one attached hydrogen (secondary N) is 1. The molecule has 1 unspecified atom stereocenters. The Kier molecular flexibility index (Phi) is 6.72. The van der Waals surface area contributed by atoms with Crippen molar-refractivity contribution in [1.82, 2.24) is 15.4 Å². The van der Waals surface area contributed by atoms with Gasteiger partial charge in [0.05, 0.1) is 5.41 Å². The molecule has 1 fully saturated rings. The number of hydrogen-bond donors (Lipinski definition) is 1. The van der Waals surface area contributed by atoms with Crippen molar-refractivity contribution in [3.8, 4) is 11.3 Å². The van der Waals surface area contributed by atoms with Crippen LogP contribution < -0.4 is 5.32 Å². The van der Waals surface area contributed by atoms with Gasteiger partial charge in [-0.25, -0.2) is 0 Å². The Morgan fingerprint density at radius 3 is 2.72 bits per heavy atom. The minimum Gasteiger partial charge on any atom is -0.361 e. The third-order valence-corrected chi connectivity index (χ3v) is 5.47. The zero-order valence-electron chi connectivity index (χ0n) is 17.6. The lowest BCUT2D eigenvalue weighted by Crippen LogP contribution is -2.54. The van der Waals surface area contributed by atoms with E-state index >= 15 is 0 Å². The fourth-order valence-electron chi connectivity index (χ4n) is 4.06. The van der Waals surface area contributed by atoms with Gasteiger partial charge in [0.2, 0.25) is 11.8 Å². The average Bonchev–Trinajstić information content (AvgIpc) is 3.17. The van der Waals surface area contributed by atoms with Crippen LogP contribution in [0.1, 0.15) is 45.8 Å². The molecule has 2 amide bonds. The van der Waals surface area contributed by atoms with Crippen LogP contribution in [-0.4, -0.2) is 41.5 Å². The maximum atomic E-state index is 13.1. The predicted octanol–water partition coefficient (Wildman–Crippen LogP) is 3.68. The maximum Gasteiger partial charge on any atom is 0.228 e. The number of likely N-dealkylation sites (tertiary alicyclic amines) is 1. The van der Waals surface area contributed by atoms with Crippen LogP contribution in [0.2, 0.25) is 0 Å². The van der Waals surface area contributed by atoms with E-state index in [0.29, 0.717) is 44.2 Å². The summed E-state index contributed by atoms with van der Waals surface area (Å²) >= 11 is 0. The lowest BCUT2D eigenvalue weighted by molar-refractivity contribution is -0.142. The van der Waals surface area contributed by atoms with Crippen LogP contribution in [0.5, 0.6) is 0 Å². The van der Waals surface area contributed by atoms with E-state index in [2.05, 4.69) is 10.5 Å². The van der Waals surface area contributed by atoms with Gasteiger partial charge in [-0.05, 0) is 25.7 Å². The van der Waals surface area contributed by atoms with Gasteiger partial charge in [0.1, 0.15) is 11.5 Å². The van der Waals surface area contributed by atoms with E-state index in [1.165, 1.54) is 0 Å². The zero-order valence-corrected chi connectivity index (χ0v) is 17.6. The summed E-state index contributed by atoms with van der Waals surface area (Å²) in [6.07, 6.45) is 2.47. The average molecular weight is 398 g/mol. The molecule has 0 saturated carbocycles. The van der Waals surface area contributed by atoms with Crippen molar-refractivity contribution in [3.63, 3.8) is 0 Å². The highest BCUT2D eigenvalue weighted by atomic mass is 16.5. The van der Waals surface area contributed by atoms with Crippen LogP contribution in [0.15, 0.2) is 40.9 Å². The van der Waals surface area contributed by atoms with Crippen LogP contribution in [0.3, 0.4) is 0 Å². The second-order valence-corrected chi connectivity index (χ2v) is 8.38. The highest BCUT2D eigenvalue weighted by Crippen LogP contribution is 2.35. The number of benzene rings is 1. The number of amides is 2. The number of rotatable bonds is 7. The first-order valence-electron chi connectivity index (χ1n) is 10.5. The summed E-state index contributed by atoms with van der Waals surface area (Å²) in [7, 11) is 0. The fraction of sp³-hybridized carbons (Fsp3) is 0.522. The number of aromatic nitrogens is 1. The number of carbonyl (C=O) groups is 2. The van der Waals surface area contributed by atoms with Crippen molar-refractivity contribution in [2.24, 2.45) is 11.3 Å². The van der Waals surface area contributed by atoms with Crippen LogP contribution >= 0.6 is 0 Å². The molecule has 1 aromatic heterocycles. The lowest BCUT2D eigenvalue weighted by atomic mass is 9.75. The largest absolute Gasteiger partial charge is 0.361 e. The van der Waals surface area contributed by atoms with Crippen LogP contribution in [0.4, 0.5) is 0 Å². The van der Waals surface area contributed by atoms with Gasteiger partial charge in [0, 0.05) is 44.1 Å². The van der Waals surface area contributed by atoms with Gasteiger partial charge in [0.15, 0.2) is 0 Å². The van der Waals surface area contributed by atoms with Crippen LogP contribution in [-0.2, 0) is 16.0 Å². The van der Waals surface area contributed by atoms with Crippen molar-refractivity contribution in [2.45, 2.75) is 46.5 Å². The van der Waals surface area contributed by atoms with Gasteiger partial charge < -0.3 is 14.7 Å². The second kappa shape index (κ2) is 9.25. The van der Waals surface area contributed by atoms with E-state index in [-0.39, 0.29) is 11.8 Å². The molecule has 6 nitrogen and oxygen atoms in total. The molecule has 1 atom stereocenters. The highest BCUT2D eigenvalue weighted by Gasteiger charge is 2.44. The minimum absolute atomic E-state index is 0.0142. The molecule has 29 heavy (non-hydrogen) atoms. The van der Waals surface area contributed by atoms with Crippen LogP contribution in [0, 0.1) is 11.3 Å². The molecule has 0 bridgehead atoms. The van der Waals surface area contributed by atoms with Gasteiger partial charge in [-0.1, -0.05) is 49.3 Å². The van der Waals surface area contributed by atoms with Gasteiger partial charge in [-0.3, -0.25) is 9.59 Å². The molecular weight excluding hydrogens is 366 g/mol. The summed E-state index contributed by atoms with van der Waals surface area (Å²) in [5.41, 5.74) is 1.05. The Balaban J connectivity index is 1.83. The molecule has 1 aromatic carbocycles. The molecular formula is C23H31N3O3. The summed E-state index contributed by atoms with van der Waals surface area (Å²) in [6, 6.07) is 11.7. The minimum atomic E-state index is -0.686. The Hall–Kier alpha value is -2.63. The lowest BCUT2D eigenvalue weighted by Gasteiger charge is -2.41. The second-order valence-electron chi connectivity index (χ2n) is 8.38. The Bertz CT molecular complexity index is 831. The van der Waals surface area contributed by atoms with E-state index in [9.17, 15) is 9.59 Å². The monoisotopic (exact) mass is 397 g/mol. The first-order valence-corrected chi connectivity index (χ1v) is 10.5. The molecule has 3 rings (SSSR count). The molecule has 0 spiro atoms. The zero-order chi connectivity index (χ0) is 20.9. The summed E-state index contributed by atoms with van der Waals surface area (Å²) in [6.45, 7) is 7.69. The molecule has 1 saturated heterocycles. The van der Waals surface area contributed by atoms with Crippen molar-refractivity contribution >= 4 is 11.8 Å². The number of nitrogens with zero attached hydrogens (tertiary/aromatic N) is 2. The van der Waals surface area contributed by atoms with E-state index in [1.54, 1.807) is 0 Å². The quantitative estimate of drug-likeness (QED) is 0.773. The first-order chi connectivity index (χ1) is 13.9. The molecule has 6 heteroatoms. The third kappa shape index (κ3) is 5.05. The summed E-state index contributed by atoms with van der Waals surface area (Å²) < 4.78 is 5.60. The van der Waals surface area contributed by atoms with E-state index in [1.807, 2.05) is 62.1 Å². The molecule has 0 aliphatic carbocycles. The van der Waals surface area contributed by atoms with Gasteiger partial charge >= 0.3 is 0 Å². The topological polar surface area (TPSA) is 75.4 Å². The van der Waals surface area contributed by atoms with Crippen molar-refractivity contribution < 1.29 is 14.1 Å². The third-order valence-electron chi connectivity index (χ3n) is 5.47. The molecule has 2 heterocycles. The predicted molar refractivity (Wildman–Crippen MR) is 112 cm³/mol. The number of piperidine rings is 1. The molecule has 1 N–H and O–H groups in total. The molecule has 0 radical (unpaired) electrons. The summed E-state index contributed by atoms with van der Waals surface area (Å²) in [5.74, 6) is 1.08. The summed E-state index contributed by atoms with van der Waals surface area (Å²) in [5, 5.41) is 7.17. The molecule has 156 valence electrons. The Morgan fingerprint density at radius 1 is 1.28 bits per heavy atom.